The number of nitrogens with one attached hydrogen (secondary N) is 1. The van der Waals surface area contributed by atoms with Crippen molar-refractivity contribution in [3.8, 4) is 0 Å². The maximum atomic E-state index is 12.2. The van der Waals surface area contributed by atoms with Gasteiger partial charge in [-0.15, -0.1) is 0 Å². The molecule has 0 saturated carbocycles. The monoisotopic (exact) mass is 313 g/mol. The maximum Gasteiger partial charge on any atom is 0.261 e. The highest BCUT2D eigenvalue weighted by molar-refractivity contribution is 6.21. The first kappa shape index (κ1) is 15.0. The molecule has 1 aliphatic heterocycles. The van der Waals surface area contributed by atoms with Gasteiger partial charge in [0.2, 0.25) is 5.91 Å². The largest absolute Gasteiger partial charge is 0.361 e. The van der Waals surface area contributed by atoms with E-state index < -0.39 is 0 Å². The molecule has 0 radical (unpaired) electrons. The molecular formula is C16H15N3O4. The smallest absolute Gasteiger partial charge is 0.261 e. The van der Waals surface area contributed by atoms with Gasteiger partial charge in [-0.25, -0.2) is 0 Å². The summed E-state index contributed by atoms with van der Waals surface area (Å²) in [6.07, 6.45) is 0.0440. The Balaban J connectivity index is 1.54. The lowest BCUT2D eigenvalue weighted by atomic mass is 10.1. The number of fused-ring (bicyclic) bond motifs is 1. The van der Waals surface area contributed by atoms with Crippen LogP contribution >= 0.6 is 0 Å². The zero-order valence-corrected chi connectivity index (χ0v) is 12.5. The van der Waals surface area contributed by atoms with Gasteiger partial charge in [-0.3, -0.25) is 19.3 Å². The number of imide groups is 1. The Morgan fingerprint density at radius 1 is 1.22 bits per heavy atom. The molecule has 0 aliphatic carbocycles. The number of aryl methyl sites for hydroxylation is 1. The molecule has 2 heterocycles. The number of benzene rings is 1. The number of aromatic nitrogens is 1. The van der Waals surface area contributed by atoms with Crippen molar-refractivity contribution in [3.05, 3.63) is 52.9 Å². The maximum absolute atomic E-state index is 12.2. The summed E-state index contributed by atoms with van der Waals surface area (Å²) >= 11 is 0. The Hall–Kier alpha value is -2.96. The number of carbonyl (C=O) groups excluding carboxylic acids is 3. The summed E-state index contributed by atoms with van der Waals surface area (Å²) in [5, 5.41) is 6.44. The number of carbonyl (C=O) groups is 3. The molecular weight excluding hydrogens is 298 g/mol. The molecule has 118 valence electrons. The SMILES string of the molecule is Cc1cc(CNC(=O)CCN2C(=O)c3ccccc3C2=O)no1. The second-order valence-electron chi connectivity index (χ2n) is 5.26. The number of rotatable bonds is 5. The summed E-state index contributed by atoms with van der Waals surface area (Å²) < 4.78 is 4.90. The first-order chi connectivity index (χ1) is 11.1. The minimum Gasteiger partial charge on any atom is -0.361 e. The zero-order chi connectivity index (χ0) is 16.4. The van der Waals surface area contributed by atoms with Crippen molar-refractivity contribution in [2.45, 2.75) is 19.9 Å². The van der Waals surface area contributed by atoms with Gasteiger partial charge in [-0.05, 0) is 19.1 Å². The lowest BCUT2D eigenvalue weighted by molar-refractivity contribution is -0.121. The molecule has 0 spiro atoms. The van der Waals surface area contributed by atoms with Crippen LogP contribution in [0, 0.1) is 6.92 Å². The van der Waals surface area contributed by atoms with Crippen LogP contribution in [0.2, 0.25) is 0 Å². The molecule has 1 aromatic carbocycles. The molecule has 2 aromatic rings. The summed E-state index contributed by atoms with van der Waals surface area (Å²) in [6.45, 7) is 2.06. The molecule has 0 atom stereocenters. The lowest BCUT2D eigenvalue weighted by Crippen LogP contribution is -2.34. The second-order valence-corrected chi connectivity index (χ2v) is 5.26. The van der Waals surface area contributed by atoms with Gasteiger partial charge in [-0.2, -0.15) is 0 Å². The van der Waals surface area contributed by atoms with Gasteiger partial charge in [-0.1, -0.05) is 17.3 Å². The summed E-state index contributed by atoms with van der Waals surface area (Å²) in [5.41, 5.74) is 1.39. The van der Waals surface area contributed by atoms with Crippen LogP contribution in [-0.4, -0.2) is 34.3 Å². The van der Waals surface area contributed by atoms with Crippen LogP contribution in [0.3, 0.4) is 0 Å². The van der Waals surface area contributed by atoms with Crippen LogP contribution in [0.1, 0.15) is 38.6 Å². The standard InChI is InChI=1S/C16H15N3O4/c1-10-8-11(18-23-10)9-17-14(20)6-7-19-15(21)12-4-2-3-5-13(12)16(19)22/h2-5,8H,6-7,9H2,1H3,(H,17,20). The van der Waals surface area contributed by atoms with Gasteiger partial charge in [0.05, 0.1) is 17.7 Å². The van der Waals surface area contributed by atoms with Crippen molar-refractivity contribution in [1.82, 2.24) is 15.4 Å². The van der Waals surface area contributed by atoms with Crippen LogP contribution < -0.4 is 5.32 Å². The van der Waals surface area contributed by atoms with Crippen LogP contribution in [0.5, 0.6) is 0 Å². The summed E-state index contributed by atoms with van der Waals surface area (Å²) in [5.74, 6) is -0.307. The van der Waals surface area contributed by atoms with Gasteiger partial charge >= 0.3 is 0 Å². The molecule has 0 fully saturated rings. The molecule has 7 nitrogen and oxygen atoms in total. The van der Waals surface area contributed by atoms with Crippen molar-refractivity contribution in [2.24, 2.45) is 0 Å². The highest BCUT2D eigenvalue weighted by Crippen LogP contribution is 2.22. The molecule has 1 aromatic heterocycles. The van der Waals surface area contributed by atoms with Crippen molar-refractivity contribution in [3.63, 3.8) is 0 Å². The predicted molar refractivity (Wildman–Crippen MR) is 79.5 cm³/mol. The quantitative estimate of drug-likeness (QED) is 0.840. The van der Waals surface area contributed by atoms with E-state index in [0.717, 1.165) is 4.90 Å². The summed E-state index contributed by atoms with van der Waals surface area (Å²) in [6, 6.07) is 8.37. The Bertz CT molecular complexity index is 746. The molecule has 0 saturated heterocycles. The van der Waals surface area contributed by atoms with Crippen molar-refractivity contribution >= 4 is 17.7 Å². The topological polar surface area (TPSA) is 92.5 Å². The van der Waals surface area contributed by atoms with E-state index in [1.165, 1.54) is 0 Å². The van der Waals surface area contributed by atoms with Gasteiger partial charge in [0, 0.05) is 19.0 Å². The first-order valence-electron chi connectivity index (χ1n) is 7.20. The van der Waals surface area contributed by atoms with Crippen molar-refractivity contribution in [1.29, 1.82) is 0 Å². The molecule has 0 unspecified atom stereocenters. The highest BCUT2D eigenvalue weighted by atomic mass is 16.5. The van der Waals surface area contributed by atoms with Crippen LogP contribution in [0.25, 0.3) is 0 Å². The number of nitrogens with zero attached hydrogens (tertiary/aromatic N) is 2. The van der Waals surface area contributed by atoms with E-state index in [1.807, 2.05) is 0 Å². The molecule has 0 bridgehead atoms. The zero-order valence-electron chi connectivity index (χ0n) is 12.5. The fourth-order valence-corrected chi connectivity index (χ4v) is 2.43. The predicted octanol–water partition coefficient (Wildman–Crippen LogP) is 1.29. The Morgan fingerprint density at radius 2 is 1.87 bits per heavy atom. The fraction of sp³-hybridized carbons (Fsp3) is 0.250. The molecule has 23 heavy (non-hydrogen) atoms. The molecule has 7 heteroatoms. The first-order valence-corrected chi connectivity index (χ1v) is 7.20. The third-order valence-corrected chi connectivity index (χ3v) is 3.58. The second kappa shape index (κ2) is 6.04. The van der Waals surface area contributed by atoms with Crippen LogP contribution in [0.15, 0.2) is 34.9 Å². The van der Waals surface area contributed by atoms with E-state index in [-0.39, 0.29) is 37.2 Å². The van der Waals surface area contributed by atoms with Gasteiger partial charge in [0.15, 0.2) is 0 Å². The highest BCUT2D eigenvalue weighted by Gasteiger charge is 2.34. The average molecular weight is 313 g/mol. The van der Waals surface area contributed by atoms with Crippen molar-refractivity contribution in [2.75, 3.05) is 6.54 Å². The Labute approximate surface area is 132 Å². The van der Waals surface area contributed by atoms with E-state index in [4.69, 9.17) is 4.52 Å². The lowest BCUT2D eigenvalue weighted by Gasteiger charge is -2.13. The third kappa shape index (κ3) is 2.98. The minimum atomic E-state index is -0.356. The Morgan fingerprint density at radius 3 is 2.43 bits per heavy atom. The Kier molecular flexibility index (Phi) is 3.92. The van der Waals surface area contributed by atoms with E-state index in [9.17, 15) is 14.4 Å². The third-order valence-electron chi connectivity index (χ3n) is 3.58. The summed E-state index contributed by atoms with van der Waals surface area (Å²) in [7, 11) is 0. The normalized spacial score (nSPS) is 13.3. The van der Waals surface area contributed by atoms with E-state index in [0.29, 0.717) is 22.6 Å². The number of hydrogen-bond donors (Lipinski definition) is 1. The van der Waals surface area contributed by atoms with Crippen LogP contribution in [-0.2, 0) is 11.3 Å². The molecule has 3 rings (SSSR count). The molecule has 1 aliphatic rings. The van der Waals surface area contributed by atoms with Crippen LogP contribution in [0.4, 0.5) is 0 Å². The molecule has 3 amide bonds. The fourth-order valence-electron chi connectivity index (χ4n) is 2.43. The number of hydrogen-bond acceptors (Lipinski definition) is 5. The van der Waals surface area contributed by atoms with Gasteiger partial charge in [0.25, 0.3) is 11.8 Å². The van der Waals surface area contributed by atoms with E-state index >= 15 is 0 Å². The van der Waals surface area contributed by atoms with Gasteiger partial charge < -0.3 is 9.84 Å². The molecule has 1 N–H and O–H groups in total. The van der Waals surface area contributed by atoms with Gasteiger partial charge in [0.1, 0.15) is 11.5 Å². The van der Waals surface area contributed by atoms with Crippen molar-refractivity contribution < 1.29 is 18.9 Å². The van der Waals surface area contributed by atoms with E-state index in [1.54, 1.807) is 37.3 Å². The summed E-state index contributed by atoms with van der Waals surface area (Å²) in [4.78, 5) is 37.3. The number of amides is 3. The minimum absolute atomic E-state index is 0.0440. The average Bonchev–Trinajstić information content (AvgIpc) is 3.07. The van der Waals surface area contributed by atoms with E-state index in [2.05, 4.69) is 10.5 Å².